The summed E-state index contributed by atoms with van der Waals surface area (Å²) >= 11 is 5.97. The summed E-state index contributed by atoms with van der Waals surface area (Å²) in [6.07, 6.45) is 0. The third kappa shape index (κ3) is 3.78. The van der Waals surface area contributed by atoms with Gasteiger partial charge in [-0.2, -0.15) is 0 Å². The molecule has 1 atom stereocenters. The van der Waals surface area contributed by atoms with Crippen LogP contribution in [0.25, 0.3) is 0 Å². The van der Waals surface area contributed by atoms with E-state index in [1.54, 1.807) is 19.1 Å². The summed E-state index contributed by atoms with van der Waals surface area (Å²) in [5, 5.41) is 14.6. The molecule has 0 fully saturated rings. The topological polar surface area (TPSA) is 70.6 Å². The van der Waals surface area contributed by atoms with E-state index >= 15 is 0 Å². The number of rotatable bonds is 4. The Kier molecular flexibility index (Phi) is 5.25. The van der Waals surface area contributed by atoms with Crippen molar-refractivity contribution in [2.75, 3.05) is 19.0 Å². The van der Waals surface area contributed by atoms with Crippen LogP contribution in [0.5, 0.6) is 5.75 Å². The number of benzene rings is 1. The van der Waals surface area contributed by atoms with Crippen LogP contribution in [0.1, 0.15) is 12.5 Å². The molecule has 0 bridgehead atoms. The summed E-state index contributed by atoms with van der Waals surface area (Å²) in [6.45, 7) is 3.41. The predicted molar refractivity (Wildman–Crippen MR) is 71.4 cm³/mol. The van der Waals surface area contributed by atoms with Crippen LogP contribution in [0.2, 0.25) is 5.02 Å². The van der Waals surface area contributed by atoms with E-state index in [0.717, 1.165) is 5.56 Å². The van der Waals surface area contributed by atoms with Crippen LogP contribution in [0, 0.1) is 6.92 Å². The molecule has 6 heteroatoms. The van der Waals surface area contributed by atoms with E-state index in [-0.39, 0.29) is 12.6 Å². The van der Waals surface area contributed by atoms with Crippen molar-refractivity contribution in [2.24, 2.45) is 0 Å². The van der Waals surface area contributed by atoms with Gasteiger partial charge in [-0.1, -0.05) is 11.6 Å². The Morgan fingerprint density at radius 1 is 1.56 bits per heavy atom. The second-order valence-corrected chi connectivity index (χ2v) is 4.39. The molecule has 0 saturated carbocycles. The maximum atomic E-state index is 11.6. The van der Waals surface area contributed by atoms with Crippen molar-refractivity contribution in [1.29, 1.82) is 0 Å². The van der Waals surface area contributed by atoms with Gasteiger partial charge in [-0.05, 0) is 25.5 Å². The van der Waals surface area contributed by atoms with Gasteiger partial charge >= 0.3 is 6.03 Å². The average molecular weight is 273 g/mol. The minimum atomic E-state index is -0.406. The van der Waals surface area contributed by atoms with Crippen LogP contribution in [-0.2, 0) is 0 Å². The van der Waals surface area contributed by atoms with Crippen molar-refractivity contribution in [3.05, 3.63) is 22.7 Å². The number of hydrogen-bond acceptors (Lipinski definition) is 3. The van der Waals surface area contributed by atoms with Crippen molar-refractivity contribution in [1.82, 2.24) is 5.32 Å². The van der Waals surface area contributed by atoms with Gasteiger partial charge in [0.25, 0.3) is 0 Å². The van der Waals surface area contributed by atoms with E-state index in [9.17, 15) is 4.79 Å². The molecule has 0 aliphatic heterocycles. The standard InChI is InChI=1S/C12H17ClN2O3/c1-7-4-10(11(18-3)5-9(7)13)15-12(17)14-8(2)6-16/h4-5,8,16H,6H2,1-3H3,(H2,14,15,17). The fourth-order valence-electron chi connectivity index (χ4n) is 1.36. The van der Waals surface area contributed by atoms with E-state index in [2.05, 4.69) is 10.6 Å². The molecule has 0 radical (unpaired) electrons. The number of carbonyl (C=O) groups excluding carboxylic acids is 1. The summed E-state index contributed by atoms with van der Waals surface area (Å²) in [7, 11) is 1.50. The van der Waals surface area contributed by atoms with Crippen LogP contribution < -0.4 is 15.4 Å². The number of methoxy groups -OCH3 is 1. The Morgan fingerprint density at radius 2 is 2.22 bits per heavy atom. The fraction of sp³-hybridized carbons (Fsp3) is 0.417. The highest BCUT2D eigenvalue weighted by molar-refractivity contribution is 6.31. The van der Waals surface area contributed by atoms with Crippen molar-refractivity contribution in [2.45, 2.75) is 19.9 Å². The van der Waals surface area contributed by atoms with Crippen LogP contribution in [0.15, 0.2) is 12.1 Å². The highest BCUT2D eigenvalue weighted by Gasteiger charge is 2.11. The van der Waals surface area contributed by atoms with Gasteiger partial charge in [0.2, 0.25) is 0 Å². The van der Waals surface area contributed by atoms with Crippen molar-refractivity contribution in [3.8, 4) is 5.75 Å². The molecule has 0 spiro atoms. The molecule has 1 aromatic rings. The molecule has 1 aromatic carbocycles. The van der Waals surface area contributed by atoms with Gasteiger partial charge < -0.3 is 20.5 Å². The molecule has 0 aliphatic rings. The zero-order valence-electron chi connectivity index (χ0n) is 10.6. The van der Waals surface area contributed by atoms with Gasteiger partial charge in [0.1, 0.15) is 5.75 Å². The molecular weight excluding hydrogens is 256 g/mol. The zero-order valence-corrected chi connectivity index (χ0v) is 11.3. The Hall–Kier alpha value is -1.46. The lowest BCUT2D eigenvalue weighted by atomic mass is 10.2. The number of ether oxygens (including phenoxy) is 1. The average Bonchev–Trinajstić information content (AvgIpc) is 2.33. The molecule has 1 unspecified atom stereocenters. The Bertz CT molecular complexity index is 438. The molecular formula is C12H17ClN2O3. The summed E-state index contributed by atoms with van der Waals surface area (Å²) in [6, 6.07) is 2.65. The quantitative estimate of drug-likeness (QED) is 0.787. The van der Waals surface area contributed by atoms with Gasteiger partial charge in [0.15, 0.2) is 0 Å². The van der Waals surface area contributed by atoms with Gasteiger partial charge in [0, 0.05) is 11.1 Å². The molecule has 2 amide bonds. The predicted octanol–water partition coefficient (Wildman–Crippen LogP) is 2.16. The number of urea groups is 1. The van der Waals surface area contributed by atoms with Crippen molar-refractivity contribution < 1.29 is 14.6 Å². The van der Waals surface area contributed by atoms with Gasteiger partial charge in [0.05, 0.1) is 25.4 Å². The maximum Gasteiger partial charge on any atom is 0.319 e. The molecule has 0 aliphatic carbocycles. The smallest absolute Gasteiger partial charge is 0.319 e. The normalized spacial score (nSPS) is 11.8. The van der Waals surface area contributed by atoms with Gasteiger partial charge in [-0.15, -0.1) is 0 Å². The minimum Gasteiger partial charge on any atom is -0.495 e. The number of hydrogen-bond donors (Lipinski definition) is 3. The summed E-state index contributed by atoms with van der Waals surface area (Å²) in [4.78, 5) is 11.6. The Labute approximate surface area is 111 Å². The first-order chi connectivity index (χ1) is 8.47. The van der Waals surface area contributed by atoms with Crippen LogP contribution in [-0.4, -0.2) is 30.9 Å². The number of aliphatic hydroxyl groups excluding tert-OH is 1. The second kappa shape index (κ2) is 6.47. The Morgan fingerprint density at radius 3 is 2.78 bits per heavy atom. The number of carbonyl (C=O) groups is 1. The highest BCUT2D eigenvalue weighted by atomic mass is 35.5. The van der Waals surface area contributed by atoms with Crippen LogP contribution >= 0.6 is 11.6 Å². The highest BCUT2D eigenvalue weighted by Crippen LogP contribution is 2.30. The first-order valence-corrected chi connectivity index (χ1v) is 5.88. The summed E-state index contributed by atoms with van der Waals surface area (Å²) < 4.78 is 5.14. The lowest BCUT2D eigenvalue weighted by Crippen LogP contribution is -2.38. The first kappa shape index (κ1) is 14.6. The molecule has 0 heterocycles. The monoisotopic (exact) mass is 272 g/mol. The molecule has 1 rings (SSSR count). The number of aryl methyl sites for hydroxylation is 1. The van der Waals surface area contributed by atoms with Gasteiger partial charge in [-0.25, -0.2) is 4.79 Å². The van der Waals surface area contributed by atoms with Crippen molar-refractivity contribution in [3.63, 3.8) is 0 Å². The molecule has 18 heavy (non-hydrogen) atoms. The minimum absolute atomic E-state index is 0.121. The first-order valence-electron chi connectivity index (χ1n) is 5.50. The van der Waals surface area contributed by atoms with Crippen LogP contribution in [0.3, 0.4) is 0 Å². The molecule has 100 valence electrons. The third-order valence-corrected chi connectivity index (χ3v) is 2.79. The fourth-order valence-corrected chi connectivity index (χ4v) is 1.51. The summed E-state index contributed by atoms with van der Waals surface area (Å²) in [5.74, 6) is 0.484. The molecule has 0 saturated heterocycles. The second-order valence-electron chi connectivity index (χ2n) is 3.98. The lowest BCUT2D eigenvalue weighted by molar-refractivity contribution is 0.229. The van der Waals surface area contributed by atoms with Gasteiger partial charge in [-0.3, -0.25) is 0 Å². The number of amides is 2. The largest absolute Gasteiger partial charge is 0.495 e. The maximum absolute atomic E-state index is 11.6. The van der Waals surface area contributed by atoms with Crippen molar-refractivity contribution >= 4 is 23.3 Å². The number of aliphatic hydroxyl groups is 1. The van der Waals surface area contributed by atoms with E-state index in [1.165, 1.54) is 7.11 Å². The molecule has 3 N–H and O–H groups in total. The SMILES string of the molecule is COc1cc(Cl)c(C)cc1NC(=O)NC(C)CO. The van der Waals surface area contributed by atoms with E-state index in [4.69, 9.17) is 21.4 Å². The number of anilines is 1. The number of nitrogens with one attached hydrogen (secondary N) is 2. The van der Waals surface area contributed by atoms with E-state index in [0.29, 0.717) is 16.5 Å². The van der Waals surface area contributed by atoms with E-state index < -0.39 is 6.03 Å². The van der Waals surface area contributed by atoms with E-state index in [1.807, 2.05) is 6.92 Å². The number of halogens is 1. The molecule has 0 aromatic heterocycles. The Balaban J connectivity index is 2.83. The van der Waals surface area contributed by atoms with Crippen LogP contribution in [0.4, 0.5) is 10.5 Å². The lowest BCUT2D eigenvalue weighted by Gasteiger charge is -2.15. The zero-order chi connectivity index (χ0) is 13.7. The molecule has 5 nitrogen and oxygen atoms in total. The third-order valence-electron chi connectivity index (χ3n) is 2.38. The summed E-state index contributed by atoms with van der Waals surface area (Å²) in [5.41, 5.74) is 1.37.